The van der Waals surface area contributed by atoms with E-state index in [9.17, 15) is 4.39 Å². The number of nitrogens with two attached hydrogens (primary N) is 1. The van der Waals surface area contributed by atoms with Gasteiger partial charge in [-0.15, -0.1) is 5.10 Å². The zero-order valence-electron chi connectivity index (χ0n) is 10.4. The zero-order valence-corrected chi connectivity index (χ0v) is 12.0. The molecule has 0 amide bonds. The second-order valence-electron chi connectivity index (χ2n) is 5.08. The average molecular weight is 313 g/mol. The van der Waals surface area contributed by atoms with Crippen LogP contribution in [0.1, 0.15) is 26.5 Å². The van der Waals surface area contributed by atoms with Crippen molar-refractivity contribution in [3.63, 3.8) is 0 Å². The van der Waals surface area contributed by atoms with Gasteiger partial charge in [0.2, 0.25) is 0 Å². The summed E-state index contributed by atoms with van der Waals surface area (Å²) in [5, 5.41) is 7.76. The van der Waals surface area contributed by atoms with Crippen LogP contribution in [0.4, 0.5) is 10.2 Å². The molecule has 4 nitrogen and oxygen atoms in total. The topological polar surface area (TPSA) is 56.7 Å². The third-order valence-electron chi connectivity index (χ3n) is 2.54. The van der Waals surface area contributed by atoms with Crippen LogP contribution in [-0.4, -0.2) is 15.0 Å². The lowest BCUT2D eigenvalue weighted by Crippen LogP contribution is -2.19. The molecule has 2 aromatic rings. The molecule has 1 aromatic carbocycles. The minimum absolute atomic E-state index is 0.271. The van der Waals surface area contributed by atoms with E-state index in [1.165, 1.54) is 10.7 Å². The fourth-order valence-corrected chi connectivity index (χ4v) is 2.15. The van der Waals surface area contributed by atoms with E-state index in [1.54, 1.807) is 12.1 Å². The highest BCUT2D eigenvalue weighted by atomic mass is 79.9. The zero-order chi connectivity index (χ0) is 13.5. The molecule has 6 heteroatoms. The molecule has 96 valence electrons. The Balaban J connectivity index is 2.65. The Morgan fingerprint density at radius 1 is 1.33 bits per heavy atom. The van der Waals surface area contributed by atoms with Gasteiger partial charge in [0.25, 0.3) is 0 Å². The Morgan fingerprint density at radius 3 is 2.56 bits per heavy atom. The molecule has 0 fully saturated rings. The van der Waals surface area contributed by atoms with Crippen LogP contribution in [0, 0.1) is 5.82 Å². The summed E-state index contributed by atoms with van der Waals surface area (Å²) in [7, 11) is 0. The Hall–Kier alpha value is -1.43. The number of halogens is 2. The molecule has 0 unspecified atom stereocenters. The van der Waals surface area contributed by atoms with E-state index in [2.05, 4.69) is 26.2 Å². The van der Waals surface area contributed by atoms with Crippen LogP contribution >= 0.6 is 15.9 Å². The number of nitrogen functional groups attached to an aromatic ring is 1. The van der Waals surface area contributed by atoms with Crippen LogP contribution in [0.25, 0.3) is 5.69 Å². The van der Waals surface area contributed by atoms with Gasteiger partial charge < -0.3 is 5.73 Å². The van der Waals surface area contributed by atoms with Gasteiger partial charge in [0, 0.05) is 9.89 Å². The van der Waals surface area contributed by atoms with Crippen LogP contribution in [0.2, 0.25) is 0 Å². The summed E-state index contributed by atoms with van der Waals surface area (Å²) in [6.45, 7) is 5.94. The van der Waals surface area contributed by atoms with Gasteiger partial charge in [0.1, 0.15) is 11.5 Å². The summed E-state index contributed by atoms with van der Waals surface area (Å²) < 4.78 is 16.1. The normalized spacial score (nSPS) is 11.8. The second-order valence-corrected chi connectivity index (χ2v) is 6.00. The van der Waals surface area contributed by atoms with Gasteiger partial charge in [-0.3, -0.25) is 0 Å². The largest absolute Gasteiger partial charge is 0.381 e. The predicted octanol–water partition coefficient (Wildman–Crippen LogP) is 3.05. The minimum Gasteiger partial charge on any atom is -0.381 e. The van der Waals surface area contributed by atoms with Crippen molar-refractivity contribution in [3.05, 3.63) is 34.2 Å². The summed E-state index contributed by atoms with van der Waals surface area (Å²) in [6, 6.07) is 4.78. The van der Waals surface area contributed by atoms with Gasteiger partial charge in [-0.05, 0) is 18.2 Å². The van der Waals surface area contributed by atoms with Crippen molar-refractivity contribution in [2.75, 3.05) is 5.73 Å². The number of anilines is 1. The van der Waals surface area contributed by atoms with Gasteiger partial charge >= 0.3 is 0 Å². The molecule has 0 bridgehead atoms. The second kappa shape index (κ2) is 4.35. The van der Waals surface area contributed by atoms with Gasteiger partial charge in [0.15, 0.2) is 5.82 Å². The van der Waals surface area contributed by atoms with Crippen LogP contribution in [0.3, 0.4) is 0 Å². The van der Waals surface area contributed by atoms with Crippen LogP contribution in [-0.2, 0) is 5.41 Å². The molecule has 0 atom stereocenters. The molecule has 2 rings (SSSR count). The van der Waals surface area contributed by atoms with Crippen molar-refractivity contribution >= 4 is 21.7 Å². The SMILES string of the molecule is CC(C)(C)c1c(N)nnn1-c1ccc(Br)cc1F. The number of hydrogen-bond acceptors (Lipinski definition) is 3. The van der Waals surface area contributed by atoms with Crippen molar-refractivity contribution in [2.24, 2.45) is 0 Å². The van der Waals surface area contributed by atoms with Crippen LogP contribution in [0.15, 0.2) is 22.7 Å². The highest BCUT2D eigenvalue weighted by molar-refractivity contribution is 9.10. The molecular weight excluding hydrogens is 299 g/mol. The van der Waals surface area contributed by atoms with Crippen LogP contribution < -0.4 is 5.73 Å². The van der Waals surface area contributed by atoms with Crippen molar-refractivity contribution in [1.82, 2.24) is 15.0 Å². The highest BCUT2D eigenvalue weighted by Gasteiger charge is 2.25. The molecule has 0 aliphatic heterocycles. The maximum absolute atomic E-state index is 14.0. The van der Waals surface area contributed by atoms with Crippen molar-refractivity contribution < 1.29 is 4.39 Å². The number of benzene rings is 1. The first-order chi connectivity index (χ1) is 8.30. The molecule has 1 heterocycles. The highest BCUT2D eigenvalue weighted by Crippen LogP contribution is 2.29. The monoisotopic (exact) mass is 312 g/mol. The molecule has 0 spiro atoms. The molecule has 2 N–H and O–H groups in total. The van der Waals surface area contributed by atoms with E-state index in [0.29, 0.717) is 21.7 Å². The fourth-order valence-electron chi connectivity index (χ4n) is 1.82. The summed E-state index contributed by atoms with van der Waals surface area (Å²) in [5.74, 6) is -0.0513. The van der Waals surface area contributed by atoms with Gasteiger partial charge in [-0.2, -0.15) is 0 Å². The van der Waals surface area contributed by atoms with Crippen LogP contribution in [0.5, 0.6) is 0 Å². The van der Waals surface area contributed by atoms with Crippen molar-refractivity contribution in [2.45, 2.75) is 26.2 Å². The lowest BCUT2D eigenvalue weighted by atomic mass is 9.91. The Kier molecular flexibility index (Phi) is 3.14. The molecule has 18 heavy (non-hydrogen) atoms. The number of nitrogens with zero attached hydrogens (tertiary/aromatic N) is 3. The van der Waals surface area contributed by atoms with E-state index in [0.717, 1.165) is 0 Å². The number of aromatic nitrogens is 3. The van der Waals surface area contributed by atoms with Gasteiger partial charge in [-0.1, -0.05) is 41.9 Å². The molecule has 1 aromatic heterocycles. The standard InChI is InChI=1S/C12H14BrFN4/c1-12(2,3)10-11(15)16-17-18(10)9-5-4-7(13)6-8(9)14/h4-6H,15H2,1-3H3. The lowest BCUT2D eigenvalue weighted by Gasteiger charge is -2.20. The van der Waals surface area contributed by atoms with E-state index >= 15 is 0 Å². The molecule has 0 saturated carbocycles. The summed E-state index contributed by atoms with van der Waals surface area (Å²) in [5.41, 5.74) is 6.59. The molecule has 0 aliphatic rings. The lowest BCUT2D eigenvalue weighted by molar-refractivity contribution is 0.532. The average Bonchev–Trinajstić information content (AvgIpc) is 2.59. The first-order valence-corrected chi connectivity index (χ1v) is 6.27. The fraction of sp³-hybridized carbons (Fsp3) is 0.333. The summed E-state index contributed by atoms with van der Waals surface area (Å²) in [4.78, 5) is 0. The third-order valence-corrected chi connectivity index (χ3v) is 3.04. The molecule has 0 aliphatic carbocycles. The third kappa shape index (κ3) is 2.25. The first-order valence-electron chi connectivity index (χ1n) is 5.48. The Labute approximate surface area is 113 Å². The number of rotatable bonds is 1. The van der Waals surface area contributed by atoms with E-state index in [-0.39, 0.29) is 11.2 Å². The van der Waals surface area contributed by atoms with Crippen molar-refractivity contribution in [3.8, 4) is 5.69 Å². The Bertz CT molecular complexity index is 586. The van der Waals surface area contributed by atoms with E-state index in [4.69, 9.17) is 5.73 Å². The maximum atomic E-state index is 14.0. The smallest absolute Gasteiger partial charge is 0.170 e. The number of hydrogen-bond donors (Lipinski definition) is 1. The summed E-state index contributed by atoms with van der Waals surface area (Å²) >= 11 is 3.22. The predicted molar refractivity (Wildman–Crippen MR) is 72.1 cm³/mol. The van der Waals surface area contributed by atoms with Gasteiger partial charge in [0.05, 0.1) is 5.69 Å². The first kappa shape index (κ1) is 13.0. The summed E-state index contributed by atoms with van der Waals surface area (Å²) in [6.07, 6.45) is 0. The quantitative estimate of drug-likeness (QED) is 0.880. The van der Waals surface area contributed by atoms with Gasteiger partial charge in [-0.25, -0.2) is 9.07 Å². The Morgan fingerprint density at radius 2 is 2.00 bits per heavy atom. The van der Waals surface area contributed by atoms with E-state index in [1.807, 2.05) is 20.8 Å². The van der Waals surface area contributed by atoms with Crippen molar-refractivity contribution in [1.29, 1.82) is 0 Å². The van der Waals surface area contributed by atoms with E-state index < -0.39 is 0 Å². The maximum Gasteiger partial charge on any atom is 0.170 e. The molecular formula is C12H14BrFN4. The molecule has 0 saturated heterocycles. The molecule has 0 radical (unpaired) electrons. The minimum atomic E-state index is -0.375.